The summed E-state index contributed by atoms with van der Waals surface area (Å²) < 4.78 is 6.76. The van der Waals surface area contributed by atoms with Gasteiger partial charge in [0.2, 0.25) is 0 Å². The Morgan fingerprint density at radius 2 is 0.891 bits per heavy atom. The largest absolute Gasteiger partial charge is 0.455 e. The predicted octanol–water partition coefficient (Wildman–Crippen LogP) is 14.8. The fraction of sp³-hybridized carbons (Fsp3) is 0. The molecule has 0 saturated heterocycles. The van der Waals surface area contributed by atoms with Gasteiger partial charge in [0.15, 0.2) is 0 Å². The molecule has 0 fully saturated rings. The standard InChI is InChI=1S/C52H34N2O/c1-3-14-34(15-4-1)41-24-13-26-46-48-33-47(42-20-7-8-22-45(42)52(48)55-51(41)46)35-28-30-38(31-29-35)54(37-17-5-2-6-18-37)39-19-11-16-36(32-39)40-23-12-25-44-43-21-9-10-27-49(43)53-50(40)44/h1-33,53H. The van der Waals surface area contributed by atoms with Crippen LogP contribution in [0.2, 0.25) is 0 Å². The van der Waals surface area contributed by atoms with Gasteiger partial charge >= 0.3 is 0 Å². The average Bonchev–Trinajstić information content (AvgIpc) is 3.84. The summed E-state index contributed by atoms with van der Waals surface area (Å²) in [7, 11) is 0. The molecule has 0 spiro atoms. The van der Waals surface area contributed by atoms with Gasteiger partial charge in [0, 0.05) is 60.6 Å². The monoisotopic (exact) mass is 702 g/mol. The first-order valence-electron chi connectivity index (χ1n) is 18.8. The Hall–Kier alpha value is -7.36. The molecule has 3 heteroatoms. The fourth-order valence-electron chi connectivity index (χ4n) is 8.44. The minimum atomic E-state index is 0.919. The van der Waals surface area contributed by atoms with Gasteiger partial charge in [0.25, 0.3) is 0 Å². The zero-order valence-corrected chi connectivity index (χ0v) is 29.9. The summed E-state index contributed by atoms with van der Waals surface area (Å²) >= 11 is 0. The number of rotatable bonds is 6. The number of hydrogen-bond acceptors (Lipinski definition) is 2. The molecule has 9 aromatic carbocycles. The van der Waals surface area contributed by atoms with Crippen LogP contribution >= 0.6 is 0 Å². The predicted molar refractivity (Wildman–Crippen MR) is 232 cm³/mol. The first kappa shape index (κ1) is 31.2. The lowest BCUT2D eigenvalue weighted by Gasteiger charge is -2.26. The van der Waals surface area contributed by atoms with Gasteiger partial charge in [-0.1, -0.05) is 152 Å². The summed E-state index contributed by atoms with van der Waals surface area (Å²) in [6, 6.07) is 71.5. The van der Waals surface area contributed by atoms with Crippen LogP contribution in [0.4, 0.5) is 17.1 Å². The normalized spacial score (nSPS) is 11.6. The molecule has 0 amide bonds. The Labute approximate surface area is 318 Å². The van der Waals surface area contributed by atoms with Gasteiger partial charge in [-0.15, -0.1) is 0 Å². The highest BCUT2D eigenvalue weighted by molar-refractivity contribution is 6.20. The summed E-state index contributed by atoms with van der Waals surface area (Å²) in [6.45, 7) is 0. The van der Waals surface area contributed by atoms with Gasteiger partial charge in [0.05, 0.1) is 5.52 Å². The summed E-state index contributed by atoms with van der Waals surface area (Å²) in [5, 5.41) is 7.01. The summed E-state index contributed by atoms with van der Waals surface area (Å²) in [6.07, 6.45) is 0. The second-order valence-corrected chi connectivity index (χ2v) is 14.2. The Balaban J connectivity index is 1.03. The molecule has 55 heavy (non-hydrogen) atoms. The maximum absolute atomic E-state index is 6.76. The molecule has 258 valence electrons. The van der Waals surface area contributed by atoms with Crippen molar-refractivity contribution in [1.82, 2.24) is 4.98 Å². The van der Waals surface area contributed by atoms with Crippen molar-refractivity contribution in [3.8, 4) is 33.4 Å². The molecule has 0 unspecified atom stereocenters. The van der Waals surface area contributed by atoms with E-state index in [1.807, 2.05) is 0 Å². The zero-order chi connectivity index (χ0) is 36.3. The summed E-state index contributed by atoms with van der Waals surface area (Å²) in [4.78, 5) is 6.04. The molecule has 0 aliphatic carbocycles. The number of anilines is 3. The molecular formula is C52H34N2O. The maximum Gasteiger partial charge on any atom is 0.143 e. The second-order valence-electron chi connectivity index (χ2n) is 14.2. The van der Waals surface area contributed by atoms with Crippen LogP contribution < -0.4 is 4.90 Å². The third-order valence-electron chi connectivity index (χ3n) is 11.0. The van der Waals surface area contributed by atoms with Crippen molar-refractivity contribution >= 4 is 71.6 Å². The van der Waals surface area contributed by atoms with E-state index in [0.29, 0.717) is 0 Å². The van der Waals surface area contributed by atoms with E-state index in [4.69, 9.17) is 4.42 Å². The second kappa shape index (κ2) is 12.6. The van der Waals surface area contributed by atoms with Crippen LogP contribution in [0.1, 0.15) is 0 Å². The van der Waals surface area contributed by atoms with E-state index in [1.54, 1.807) is 0 Å². The summed E-state index contributed by atoms with van der Waals surface area (Å²) in [5.41, 5.74) is 14.4. The number of para-hydroxylation sites is 4. The third-order valence-corrected chi connectivity index (χ3v) is 11.0. The van der Waals surface area contributed by atoms with Crippen LogP contribution in [-0.2, 0) is 0 Å². The van der Waals surface area contributed by atoms with Gasteiger partial charge in [-0.3, -0.25) is 0 Å². The fourth-order valence-corrected chi connectivity index (χ4v) is 8.44. The number of aromatic amines is 1. The Kier molecular flexibility index (Phi) is 7.17. The molecule has 0 radical (unpaired) electrons. The molecule has 0 saturated carbocycles. The van der Waals surface area contributed by atoms with Crippen molar-refractivity contribution in [1.29, 1.82) is 0 Å². The van der Waals surface area contributed by atoms with Crippen LogP contribution in [-0.4, -0.2) is 4.98 Å². The van der Waals surface area contributed by atoms with E-state index in [-0.39, 0.29) is 0 Å². The topological polar surface area (TPSA) is 32.2 Å². The lowest BCUT2D eigenvalue weighted by molar-refractivity contribution is 0.674. The van der Waals surface area contributed by atoms with E-state index in [9.17, 15) is 0 Å². The van der Waals surface area contributed by atoms with Crippen molar-refractivity contribution in [2.75, 3.05) is 4.90 Å². The minimum absolute atomic E-state index is 0.919. The van der Waals surface area contributed by atoms with Gasteiger partial charge in [0.1, 0.15) is 11.2 Å². The molecule has 0 aliphatic heterocycles. The number of benzene rings is 9. The van der Waals surface area contributed by atoms with Crippen molar-refractivity contribution in [3.63, 3.8) is 0 Å². The number of fused-ring (bicyclic) bond motifs is 8. The minimum Gasteiger partial charge on any atom is -0.455 e. The van der Waals surface area contributed by atoms with Gasteiger partial charge in [-0.2, -0.15) is 0 Å². The molecule has 11 aromatic rings. The highest BCUT2D eigenvalue weighted by Crippen LogP contribution is 2.44. The van der Waals surface area contributed by atoms with Crippen LogP contribution in [0.15, 0.2) is 205 Å². The van der Waals surface area contributed by atoms with Crippen LogP contribution in [0.25, 0.3) is 87.9 Å². The Morgan fingerprint density at radius 3 is 1.71 bits per heavy atom. The first-order chi connectivity index (χ1) is 27.3. The van der Waals surface area contributed by atoms with Crippen molar-refractivity contribution in [2.45, 2.75) is 0 Å². The molecule has 3 nitrogen and oxygen atoms in total. The molecule has 2 heterocycles. The van der Waals surface area contributed by atoms with Gasteiger partial charge < -0.3 is 14.3 Å². The molecule has 0 atom stereocenters. The van der Waals surface area contributed by atoms with E-state index in [2.05, 4.69) is 210 Å². The average molecular weight is 703 g/mol. The van der Waals surface area contributed by atoms with E-state index in [1.165, 1.54) is 27.3 Å². The number of nitrogens with zero attached hydrogens (tertiary/aromatic N) is 1. The third kappa shape index (κ3) is 5.13. The summed E-state index contributed by atoms with van der Waals surface area (Å²) in [5.74, 6) is 0. The lowest BCUT2D eigenvalue weighted by atomic mass is 9.94. The SMILES string of the molecule is c1ccc(-c2cccc3c2oc2c4ccccc4c(-c4ccc(N(c5ccccc5)c5cccc(-c6cccc7c6[nH]c6ccccc67)c5)cc4)cc32)cc1. The lowest BCUT2D eigenvalue weighted by Crippen LogP contribution is -2.09. The van der Waals surface area contributed by atoms with E-state index in [0.717, 1.165) is 77.7 Å². The molecule has 11 rings (SSSR count). The number of hydrogen-bond donors (Lipinski definition) is 1. The highest BCUT2D eigenvalue weighted by Gasteiger charge is 2.19. The van der Waals surface area contributed by atoms with Crippen molar-refractivity contribution < 1.29 is 4.42 Å². The molecule has 0 aliphatic rings. The molecule has 1 N–H and O–H groups in total. The molecule has 0 bridgehead atoms. The number of aromatic nitrogens is 1. The molecule has 2 aromatic heterocycles. The van der Waals surface area contributed by atoms with Gasteiger partial charge in [-0.05, 0) is 76.2 Å². The van der Waals surface area contributed by atoms with Crippen LogP contribution in [0.3, 0.4) is 0 Å². The number of H-pyrrole nitrogens is 1. The Morgan fingerprint density at radius 1 is 0.327 bits per heavy atom. The smallest absolute Gasteiger partial charge is 0.143 e. The molecular weight excluding hydrogens is 669 g/mol. The quantitative estimate of drug-likeness (QED) is 0.187. The maximum atomic E-state index is 6.76. The van der Waals surface area contributed by atoms with Crippen molar-refractivity contribution in [2.24, 2.45) is 0 Å². The van der Waals surface area contributed by atoms with Crippen LogP contribution in [0, 0.1) is 0 Å². The van der Waals surface area contributed by atoms with Crippen LogP contribution in [0.5, 0.6) is 0 Å². The van der Waals surface area contributed by atoms with Gasteiger partial charge in [-0.25, -0.2) is 0 Å². The zero-order valence-electron chi connectivity index (χ0n) is 29.9. The van der Waals surface area contributed by atoms with E-state index < -0.39 is 0 Å². The van der Waals surface area contributed by atoms with E-state index >= 15 is 0 Å². The Bertz CT molecular complexity index is 3190. The first-order valence-corrected chi connectivity index (χ1v) is 18.8. The number of nitrogens with one attached hydrogen (secondary N) is 1. The van der Waals surface area contributed by atoms with Crippen molar-refractivity contribution in [3.05, 3.63) is 200 Å². The highest BCUT2D eigenvalue weighted by atomic mass is 16.3. The number of furan rings is 1.